The second kappa shape index (κ2) is 5.40. The molecule has 116 valence electrons. The minimum atomic E-state index is -2.61. The highest BCUT2D eigenvalue weighted by Crippen LogP contribution is 2.49. The zero-order chi connectivity index (χ0) is 15.8. The van der Waals surface area contributed by atoms with Crippen LogP contribution in [0, 0.1) is 0 Å². The van der Waals surface area contributed by atoms with Crippen LogP contribution in [0.3, 0.4) is 0 Å². The SMILES string of the molecule is CC(C)(Cc1cnc(C2CC(F)(F)C2)c(Cl)c1)OC(N)=O. The molecule has 4 nitrogen and oxygen atoms in total. The number of hydrogen-bond donors (Lipinski definition) is 1. The quantitative estimate of drug-likeness (QED) is 0.921. The third-order valence-electron chi connectivity index (χ3n) is 3.41. The molecule has 1 aliphatic rings. The molecule has 1 saturated carbocycles. The maximum atomic E-state index is 12.9. The zero-order valence-electron chi connectivity index (χ0n) is 11.8. The Bertz CT molecular complexity index is 556. The lowest BCUT2D eigenvalue weighted by molar-refractivity contribution is -0.0875. The lowest BCUT2D eigenvalue weighted by Crippen LogP contribution is -2.34. The molecule has 21 heavy (non-hydrogen) atoms. The van der Waals surface area contributed by atoms with Gasteiger partial charge in [0.2, 0.25) is 5.92 Å². The molecule has 1 aromatic rings. The molecular weight excluding hydrogens is 302 g/mol. The Labute approximate surface area is 126 Å². The number of carbonyl (C=O) groups excluding carboxylic acids is 1. The summed E-state index contributed by atoms with van der Waals surface area (Å²) in [5, 5.41) is 0.364. The van der Waals surface area contributed by atoms with Gasteiger partial charge >= 0.3 is 6.09 Å². The molecule has 1 amide bonds. The van der Waals surface area contributed by atoms with Crippen LogP contribution in [0.25, 0.3) is 0 Å². The Morgan fingerprint density at radius 3 is 2.67 bits per heavy atom. The number of pyridine rings is 1. The molecule has 0 atom stereocenters. The zero-order valence-corrected chi connectivity index (χ0v) is 12.6. The molecular formula is C14H17ClF2N2O2. The Morgan fingerprint density at radius 1 is 1.57 bits per heavy atom. The van der Waals surface area contributed by atoms with Crippen LogP contribution in [0.1, 0.15) is 43.9 Å². The van der Waals surface area contributed by atoms with Gasteiger partial charge in [-0.15, -0.1) is 0 Å². The average molecular weight is 319 g/mol. The van der Waals surface area contributed by atoms with Crippen molar-refractivity contribution in [2.24, 2.45) is 5.73 Å². The van der Waals surface area contributed by atoms with E-state index in [4.69, 9.17) is 22.1 Å². The molecule has 1 heterocycles. The normalized spacial score (nSPS) is 18.1. The maximum absolute atomic E-state index is 12.9. The number of ether oxygens (including phenoxy) is 1. The number of aromatic nitrogens is 1. The number of hydrogen-bond acceptors (Lipinski definition) is 3. The predicted molar refractivity (Wildman–Crippen MR) is 74.6 cm³/mol. The molecule has 7 heteroatoms. The molecule has 2 rings (SSSR count). The standard InChI is InChI=1S/C14H17ClF2N2O2/c1-13(2,21-12(18)20)4-8-3-10(15)11(19-7-8)9-5-14(16,17)6-9/h3,7,9H,4-6H2,1-2H3,(H2,18,20). The number of nitrogens with zero attached hydrogens (tertiary/aromatic N) is 1. The van der Waals surface area contributed by atoms with Gasteiger partial charge in [-0.2, -0.15) is 0 Å². The van der Waals surface area contributed by atoms with E-state index in [-0.39, 0.29) is 18.8 Å². The van der Waals surface area contributed by atoms with Crippen molar-refractivity contribution in [1.82, 2.24) is 4.98 Å². The van der Waals surface area contributed by atoms with Crippen molar-refractivity contribution in [1.29, 1.82) is 0 Å². The first-order valence-electron chi connectivity index (χ1n) is 6.59. The van der Waals surface area contributed by atoms with Gasteiger partial charge in [-0.25, -0.2) is 13.6 Å². The highest BCUT2D eigenvalue weighted by molar-refractivity contribution is 6.31. The lowest BCUT2D eigenvalue weighted by Gasteiger charge is -2.35. The van der Waals surface area contributed by atoms with Gasteiger partial charge in [0.25, 0.3) is 0 Å². The van der Waals surface area contributed by atoms with Crippen molar-refractivity contribution in [2.75, 3.05) is 0 Å². The Kier molecular flexibility index (Phi) is 4.10. The van der Waals surface area contributed by atoms with Crippen molar-refractivity contribution in [2.45, 2.75) is 50.6 Å². The smallest absolute Gasteiger partial charge is 0.405 e. The van der Waals surface area contributed by atoms with Gasteiger partial charge in [-0.3, -0.25) is 4.98 Å². The van der Waals surface area contributed by atoms with Crippen molar-refractivity contribution in [3.05, 3.63) is 28.5 Å². The van der Waals surface area contributed by atoms with Crippen LogP contribution in [-0.4, -0.2) is 22.6 Å². The highest BCUT2D eigenvalue weighted by Gasteiger charge is 2.47. The Hall–Kier alpha value is -1.43. The van der Waals surface area contributed by atoms with E-state index in [1.807, 2.05) is 0 Å². The van der Waals surface area contributed by atoms with E-state index in [0.717, 1.165) is 5.56 Å². The molecule has 0 aliphatic heterocycles. The van der Waals surface area contributed by atoms with E-state index in [0.29, 0.717) is 17.1 Å². The van der Waals surface area contributed by atoms with Crippen LogP contribution in [0.15, 0.2) is 12.3 Å². The van der Waals surface area contributed by atoms with Crippen LogP contribution in [-0.2, 0) is 11.2 Å². The summed E-state index contributed by atoms with van der Waals surface area (Å²) in [5.41, 5.74) is 5.46. The summed E-state index contributed by atoms with van der Waals surface area (Å²) in [6, 6.07) is 1.67. The second-order valence-electron chi connectivity index (χ2n) is 6.03. The van der Waals surface area contributed by atoms with Gasteiger partial charge in [0.1, 0.15) is 5.60 Å². The highest BCUT2D eigenvalue weighted by atomic mass is 35.5. The van der Waals surface area contributed by atoms with Gasteiger partial charge in [0, 0.05) is 31.4 Å². The molecule has 0 saturated heterocycles. The van der Waals surface area contributed by atoms with Crippen LogP contribution in [0.2, 0.25) is 5.02 Å². The molecule has 0 aromatic carbocycles. The fraction of sp³-hybridized carbons (Fsp3) is 0.571. The summed E-state index contributed by atoms with van der Waals surface area (Å²) in [7, 11) is 0. The van der Waals surface area contributed by atoms with Gasteiger partial charge in [0.05, 0.1) is 10.7 Å². The predicted octanol–water partition coefficient (Wildman–Crippen LogP) is 3.66. The van der Waals surface area contributed by atoms with Crippen molar-refractivity contribution in [3.8, 4) is 0 Å². The first-order valence-corrected chi connectivity index (χ1v) is 6.96. The first kappa shape index (κ1) is 15.9. The Balaban J connectivity index is 2.07. The number of rotatable bonds is 4. The fourth-order valence-corrected chi connectivity index (χ4v) is 2.88. The molecule has 2 N–H and O–H groups in total. The van der Waals surface area contributed by atoms with E-state index in [2.05, 4.69) is 4.98 Å². The topological polar surface area (TPSA) is 65.2 Å². The van der Waals surface area contributed by atoms with E-state index in [9.17, 15) is 13.6 Å². The summed E-state index contributed by atoms with van der Waals surface area (Å²) < 4.78 is 30.8. The number of alkyl halides is 2. The molecule has 1 aromatic heterocycles. The van der Waals surface area contributed by atoms with Gasteiger partial charge in [-0.1, -0.05) is 11.6 Å². The van der Waals surface area contributed by atoms with E-state index in [1.165, 1.54) is 0 Å². The summed E-state index contributed by atoms with van der Waals surface area (Å²) in [5.74, 6) is -2.90. The number of carbonyl (C=O) groups is 1. The van der Waals surface area contributed by atoms with Crippen LogP contribution in [0.5, 0.6) is 0 Å². The second-order valence-corrected chi connectivity index (χ2v) is 6.44. The van der Waals surface area contributed by atoms with Crippen LogP contribution in [0.4, 0.5) is 13.6 Å². The van der Waals surface area contributed by atoms with Gasteiger partial charge in [-0.05, 0) is 25.5 Å². The summed E-state index contributed by atoms with van der Waals surface area (Å²) in [6.07, 6.45) is 0.672. The minimum Gasteiger partial charge on any atom is -0.443 e. The third kappa shape index (κ3) is 4.03. The molecule has 1 aliphatic carbocycles. The molecule has 0 bridgehead atoms. The van der Waals surface area contributed by atoms with E-state index < -0.39 is 17.6 Å². The first-order chi connectivity index (χ1) is 9.58. The lowest BCUT2D eigenvalue weighted by atomic mass is 9.79. The third-order valence-corrected chi connectivity index (χ3v) is 3.71. The van der Waals surface area contributed by atoms with Crippen LogP contribution < -0.4 is 5.73 Å². The van der Waals surface area contributed by atoms with E-state index in [1.54, 1.807) is 26.1 Å². The molecule has 1 fully saturated rings. The summed E-state index contributed by atoms with van der Waals surface area (Å²) >= 11 is 6.12. The number of nitrogens with two attached hydrogens (primary N) is 1. The van der Waals surface area contributed by atoms with Crippen molar-refractivity contribution < 1.29 is 18.3 Å². The number of amides is 1. The van der Waals surface area contributed by atoms with Crippen LogP contribution >= 0.6 is 11.6 Å². The summed E-state index contributed by atoms with van der Waals surface area (Å²) in [4.78, 5) is 15.0. The van der Waals surface area contributed by atoms with Gasteiger partial charge in [0.15, 0.2) is 0 Å². The van der Waals surface area contributed by atoms with E-state index >= 15 is 0 Å². The largest absolute Gasteiger partial charge is 0.443 e. The minimum absolute atomic E-state index is 0.213. The monoisotopic (exact) mass is 318 g/mol. The Morgan fingerprint density at radius 2 is 2.19 bits per heavy atom. The average Bonchev–Trinajstić information content (AvgIpc) is 2.23. The molecule has 0 spiro atoms. The fourth-order valence-electron chi connectivity index (χ4n) is 2.54. The number of halogens is 3. The molecule has 0 radical (unpaired) electrons. The number of primary amides is 1. The maximum Gasteiger partial charge on any atom is 0.405 e. The van der Waals surface area contributed by atoms with Crippen molar-refractivity contribution in [3.63, 3.8) is 0 Å². The molecule has 0 unspecified atom stereocenters. The van der Waals surface area contributed by atoms with Crippen molar-refractivity contribution >= 4 is 17.7 Å². The van der Waals surface area contributed by atoms with Gasteiger partial charge < -0.3 is 10.5 Å². The summed E-state index contributed by atoms with van der Waals surface area (Å²) in [6.45, 7) is 3.43.